The van der Waals surface area contributed by atoms with Gasteiger partial charge in [0.15, 0.2) is 0 Å². The third-order valence-corrected chi connectivity index (χ3v) is 4.56. The Morgan fingerprint density at radius 3 is 2.67 bits per heavy atom. The molecule has 1 aliphatic heterocycles. The average Bonchev–Trinajstić information content (AvgIpc) is 2.61. The van der Waals surface area contributed by atoms with Gasteiger partial charge in [-0.1, -0.05) is 30.7 Å². The Bertz CT molecular complexity index is 696. The normalized spacial score (nSPS) is 15.3. The molecule has 1 fully saturated rings. The Hall–Kier alpha value is -2.14. The van der Waals surface area contributed by atoms with Crippen molar-refractivity contribution < 1.29 is 4.79 Å². The SMILES string of the molecule is CC1CCN(C(=O)c2ccnc(NCc3ccc(Cl)cc3)n2)CC1. The van der Waals surface area contributed by atoms with Gasteiger partial charge in [0.1, 0.15) is 5.69 Å². The Kier molecular flexibility index (Phi) is 5.30. The predicted molar refractivity (Wildman–Crippen MR) is 95.1 cm³/mol. The summed E-state index contributed by atoms with van der Waals surface area (Å²) >= 11 is 5.88. The second kappa shape index (κ2) is 7.62. The molecular formula is C18H21ClN4O. The van der Waals surface area contributed by atoms with E-state index in [1.807, 2.05) is 29.2 Å². The first-order valence-electron chi connectivity index (χ1n) is 8.22. The van der Waals surface area contributed by atoms with Gasteiger partial charge >= 0.3 is 0 Å². The van der Waals surface area contributed by atoms with Gasteiger partial charge in [0.25, 0.3) is 5.91 Å². The van der Waals surface area contributed by atoms with Crippen molar-refractivity contribution in [1.29, 1.82) is 0 Å². The summed E-state index contributed by atoms with van der Waals surface area (Å²) in [6.07, 6.45) is 3.73. The number of aromatic nitrogens is 2. The van der Waals surface area contributed by atoms with E-state index in [4.69, 9.17) is 11.6 Å². The molecule has 0 unspecified atom stereocenters. The minimum Gasteiger partial charge on any atom is -0.350 e. The number of amides is 1. The van der Waals surface area contributed by atoms with E-state index in [1.165, 1.54) is 0 Å². The molecule has 1 aliphatic rings. The van der Waals surface area contributed by atoms with E-state index in [-0.39, 0.29) is 5.91 Å². The van der Waals surface area contributed by atoms with E-state index < -0.39 is 0 Å². The van der Waals surface area contributed by atoms with Gasteiger partial charge in [-0.25, -0.2) is 9.97 Å². The molecule has 0 bridgehead atoms. The van der Waals surface area contributed by atoms with Gasteiger partial charge in [-0.2, -0.15) is 0 Å². The van der Waals surface area contributed by atoms with Crippen molar-refractivity contribution in [2.45, 2.75) is 26.3 Å². The zero-order valence-electron chi connectivity index (χ0n) is 13.7. The highest BCUT2D eigenvalue weighted by Crippen LogP contribution is 2.18. The standard InChI is InChI=1S/C18H21ClN4O/c1-13-7-10-23(11-8-13)17(24)16-6-9-20-18(22-16)21-12-14-2-4-15(19)5-3-14/h2-6,9,13H,7-8,10-12H2,1H3,(H,20,21,22). The molecular weight excluding hydrogens is 324 g/mol. The van der Waals surface area contributed by atoms with E-state index >= 15 is 0 Å². The molecule has 1 N–H and O–H groups in total. The molecule has 1 saturated heterocycles. The molecule has 1 aromatic carbocycles. The van der Waals surface area contributed by atoms with Gasteiger partial charge in [-0.3, -0.25) is 4.79 Å². The van der Waals surface area contributed by atoms with E-state index in [0.29, 0.717) is 29.1 Å². The number of likely N-dealkylation sites (tertiary alicyclic amines) is 1. The summed E-state index contributed by atoms with van der Waals surface area (Å²) in [6.45, 7) is 4.41. The summed E-state index contributed by atoms with van der Waals surface area (Å²) in [5, 5.41) is 3.86. The number of carbonyl (C=O) groups excluding carboxylic acids is 1. The highest BCUT2D eigenvalue weighted by Gasteiger charge is 2.22. The highest BCUT2D eigenvalue weighted by molar-refractivity contribution is 6.30. The zero-order valence-corrected chi connectivity index (χ0v) is 14.5. The fourth-order valence-corrected chi connectivity index (χ4v) is 2.85. The minimum absolute atomic E-state index is 0.0150. The van der Waals surface area contributed by atoms with Crippen molar-refractivity contribution in [2.24, 2.45) is 5.92 Å². The van der Waals surface area contributed by atoms with E-state index in [0.717, 1.165) is 31.5 Å². The number of hydrogen-bond donors (Lipinski definition) is 1. The lowest BCUT2D eigenvalue weighted by Gasteiger charge is -2.30. The molecule has 2 heterocycles. The topological polar surface area (TPSA) is 58.1 Å². The summed E-state index contributed by atoms with van der Waals surface area (Å²) in [6, 6.07) is 9.25. The van der Waals surface area contributed by atoms with Gasteiger partial charge in [-0.05, 0) is 42.5 Å². The fraction of sp³-hybridized carbons (Fsp3) is 0.389. The molecule has 3 rings (SSSR count). The number of hydrogen-bond acceptors (Lipinski definition) is 4. The Labute approximate surface area is 147 Å². The van der Waals surface area contributed by atoms with Crippen LogP contribution in [0.25, 0.3) is 0 Å². The van der Waals surface area contributed by atoms with E-state index in [2.05, 4.69) is 22.2 Å². The molecule has 1 amide bonds. The number of carbonyl (C=O) groups is 1. The van der Waals surface area contributed by atoms with E-state index in [9.17, 15) is 4.79 Å². The molecule has 2 aromatic rings. The first kappa shape index (κ1) is 16.7. The number of nitrogens with one attached hydrogen (secondary N) is 1. The quantitative estimate of drug-likeness (QED) is 0.920. The van der Waals surface area contributed by atoms with Gasteiger partial charge in [0, 0.05) is 30.9 Å². The fourth-order valence-electron chi connectivity index (χ4n) is 2.72. The molecule has 6 heteroatoms. The summed E-state index contributed by atoms with van der Waals surface area (Å²) in [4.78, 5) is 23.0. The molecule has 0 spiro atoms. The van der Waals surface area contributed by atoms with Crippen molar-refractivity contribution in [3.8, 4) is 0 Å². The average molecular weight is 345 g/mol. The van der Waals surface area contributed by atoms with E-state index in [1.54, 1.807) is 12.3 Å². The van der Waals surface area contributed by atoms with Crippen molar-refractivity contribution in [3.63, 3.8) is 0 Å². The monoisotopic (exact) mass is 344 g/mol. The predicted octanol–water partition coefficient (Wildman–Crippen LogP) is 3.61. The van der Waals surface area contributed by atoms with Crippen molar-refractivity contribution in [3.05, 3.63) is 52.8 Å². The summed E-state index contributed by atoms with van der Waals surface area (Å²) in [5.74, 6) is 1.14. The molecule has 1 aromatic heterocycles. The lowest BCUT2D eigenvalue weighted by molar-refractivity contribution is 0.0691. The maximum atomic E-state index is 12.6. The number of nitrogens with zero attached hydrogens (tertiary/aromatic N) is 3. The first-order chi connectivity index (χ1) is 11.6. The van der Waals surface area contributed by atoms with Crippen LogP contribution in [0, 0.1) is 5.92 Å². The molecule has 0 aliphatic carbocycles. The highest BCUT2D eigenvalue weighted by atomic mass is 35.5. The smallest absolute Gasteiger partial charge is 0.272 e. The van der Waals surface area contributed by atoms with Crippen molar-refractivity contribution in [2.75, 3.05) is 18.4 Å². The van der Waals surface area contributed by atoms with Gasteiger partial charge in [-0.15, -0.1) is 0 Å². The molecule has 0 saturated carbocycles. The zero-order chi connectivity index (χ0) is 16.9. The second-order valence-electron chi connectivity index (χ2n) is 6.22. The second-order valence-corrected chi connectivity index (χ2v) is 6.66. The van der Waals surface area contributed by atoms with Crippen LogP contribution >= 0.6 is 11.6 Å². The minimum atomic E-state index is -0.0150. The molecule has 126 valence electrons. The lowest BCUT2D eigenvalue weighted by Crippen LogP contribution is -2.38. The maximum Gasteiger partial charge on any atom is 0.272 e. The number of benzene rings is 1. The van der Waals surface area contributed by atoms with Gasteiger partial charge in [0.05, 0.1) is 0 Å². The molecule has 0 radical (unpaired) electrons. The molecule has 24 heavy (non-hydrogen) atoms. The maximum absolute atomic E-state index is 12.6. The van der Waals surface area contributed by atoms with Crippen LogP contribution in [0.5, 0.6) is 0 Å². The van der Waals surface area contributed by atoms with Crippen LogP contribution in [0.2, 0.25) is 5.02 Å². The number of rotatable bonds is 4. The number of halogens is 1. The Balaban J connectivity index is 1.63. The summed E-state index contributed by atoms with van der Waals surface area (Å²) < 4.78 is 0. The van der Waals surface area contributed by atoms with Crippen LogP contribution in [0.15, 0.2) is 36.5 Å². The van der Waals surface area contributed by atoms with Crippen LogP contribution in [0.3, 0.4) is 0 Å². The molecule has 0 atom stereocenters. The van der Waals surface area contributed by atoms with Gasteiger partial charge in [0.2, 0.25) is 5.95 Å². The van der Waals surface area contributed by atoms with Crippen LogP contribution in [0.1, 0.15) is 35.8 Å². The Morgan fingerprint density at radius 2 is 1.96 bits per heavy atom. The number of anilines is 1. The van der Waals surface area contributed by atoms with Crippen LogP contribution in [0.4, 0.5) is 5.95 Å². The third-order valence-electron chi connectivity index (χ3n) is 4.31. The summed E-state index contributed by atoms with van der Waals surface area (Å²) in [7, 11) is 0. The molecule has 5 nitrogen and oxygen atoms in total. The Morgan fingerprint density at radius 1 is 1.25 bits per heavy atom. The van der Waals surface area contributed by atoms with Crippen molar-refractivity contribution in [1.82, 2.24) is 14.9 Å². The van der Waals surface area contributed by atoms with Crippen molar-refractivity contribution >= 4 is 23.5 Å². The lowest BCUT2D eigenvalue weighted by atomic mass is 9.99. The van der Waals surface area contributed by atoms with Gasteiger partial charge < -0.3 is 10.2 Å². The first-order valence-corrected chi connectivity index (χ1v) is 8.60. The van der Waals surface area contributed by atoms with Crippen LogP contribution in [-0.4, -0.2) is 33.9 Å². The third kappa shape index (κ3) is 4.23. The van der Waals surface area contributed by atoms with Crippen LogP contribution in [-0.2, 0) is 6.54 Å². The van der Waals surface area contributed by atoms with Crippen LogP contribution < -0.4 is 5.32 Å². The largest absolute Gasteiger partial charge is 0.350 e. The number of piperidine rings is 1. The summed E-state index contributed by atoms with van der Waals surface area (Å²) in [5.41, 5.74) is 1.52.